The maximum atomic E-state index is 12.3. The highest BCUT2D eigenvalue weighted by molar-refractivity contribution is 7.99. The second-order valence-electron chi connectivity index (χ2n) is 5.85. The average molecular weight is 418 g/mol. The van der Waals surface area contributed by atoms with Gasteiger partial charge in [-0.05, 0) is 43.3 Å². The Morgan fingerprint density at radius 1 is 1.25 bits per heavy atom. The molecule has 1 amide bonds. The number of amides is 1. The van der Waals surface area contributed by atoms with Crippen LogP contribution in [0.3, 0.4) is 0 Å². The molecule has 0 saturated heterocycles. The van der Waals surface area contributed by atoms with E-state index in [4.69, 9.17) is 22.1 Å². The lowest BCUT2D eigenvalue weighted by molar-refractivity contribution is -0.113. The van der Waals surface area contributed by atoms with Crippen LogP contribution in [0.1, 0.15) is 6.92 Å². The fraction of sp³-hybridized carbons (Fsp3) is 0.211. The van der Waals surface area contributed by atoms with Gasteiger partial charge in [-0.2, -0.15) is 0 Å². The van der Waals surface area contributed by atoms with Crippen LogP contribution in [0.2, 0.25) is 5.02 Å². The second kappa shape index (κ2) is 8.99. The van der Waals surface area contributed by atoms with Crippen LogP contribution in [-0.2, 0) is 11.3 Å². The van der Waals surface area contributed by atoms with Crippen LogP contribution in [0.25, 0.3) is 11.4 Å². The van der Waals surface area contributed by atoms with Crippen molar-refractivity contribution in [2.75, 3.05) is 23.9 Å². The molecule has 1 heterocycles. The Balaban J connectivity index is 1.67. The van der Waals surface area contributed by atoms with Crippen molar-refractivity contribution in [2.45, 2.75) is 18.6 Å². The number of ether oxygens (including phenoxy) is 1. The summed E-state index contributed by atoms with van der Waals surface area (Å²) < 4.78 is 7.07. The van der Waals surface area contributed by atoms with Crippen LogP contribution in [0.5, 0.6) is 5.75 Å². The van der Waals surface area contributed by atoms with Crippen molar-refractivity contribution in [2.24, 2.45) is 0 Å². The Hall–Kier alpha value is -2.71. The average Bonchev–Trinajstić information content (AvgIpc) is 3.11. The van der Waals surface area contributed by atoms with Gasteiger partial charge in [-0.25, -0.2) is 0 Å². The number of halogens is 1. The summed E-state index contributed by atoms with van der Waals surface area (Å²) in [5.41, 5.74) is 7.85. The Morgan fingerprint density at radius 2 is 2.00 bits per heavy atom. The Kier molecular flexibility index (Phi) is 6.43. The Bertz CT molecular complexity index is 975. The van der Waals surface area contributed by atoms with Crippen molar-refractivity contribution in [1.82, 2.24) is 14.8 Å². The molecule has 0 saturated carbocycles. The van der Waals surface area contributed by atoms with Gasteiger partial charge in [-0.15, -0.1) is 10.2 Å². The molecule has 2 aromatic carbocycles. The Labute approximate surface area is 172 Å². The van der Waals surface area contributed by atoms with Crippen molar-refractivity contribution in [1.29, 1.82) is 0 Å². The Morgan fingerprint density at radius 3 is 2.64 bits per heavy atom. The van der Waals surface area contributed by atoms with Crippen LogP contribution in [-0.4, -0.2) is 33.5 Å². The largest absolute Gasteiger partial charge is 0.497 e. The molecule has 0 aliphatic carbocycles. The zero-order valence-electron chi connectivity index (χ0n) is 15.5. The summed E-state index contributed by atoms with van der Waals surface area (Å²) in [6.45, 7) is 2.69. The number of thioether (sulfide) groups is 1. The van der Waals surface area contributed by atoms with Crippen LogP contribution in [0, 0.1) is 0 Å². The molecule has 28 heavy (non-hydrogen) atoms. The minimum atomic E-state index is -0.180. The van der Waals surface area contributed by atoms with E-state index in [1.54, 1.807) is 25.3 Å². The van der Waals surface area contributed by atoms with E-state index in [0.717, 1.165) is 11.4 Å². The van der Waals surface area contributed by atoms with Crippen molar-refractivity contribution in [3.05, 3.63) is 47.5 Å². The first-order valence-corrected chi connectivity index (χ1v) is 9.93. The molecule has 0 aliphatic rings. The topological polar surface area (TPSA) is 95.1 Å². The minimum Gasteiger partial charge on any atom is -0.497 e. The first-order chi connectivity index (χ1) is 13.5. The number of aromatic nitrogens is 3. The van der Waals surface area contributed by atoms with E-state index in [0.29, 0.717) is 33.8 Å². The molecule has 3 rings (SSSR count). The molecular weight excluding hydrogens is 398 g/mol. The highest BCUT2D eigenvalue weighted by Crippen LogP contribution is 2.27. The van der Waals surface area contributed by atoms with Gasteiger partial charge < -0.3 is 20.4 Å². The number of methoxy groups -OCH3 is 1. The first kappa shape index (κ1) is 20.0. The zero-order valence-corrected chi connectivity index (χ0v) is 17.0. The molecule has 0 unspecified atom stereocenters. The summed E-state index contributed by atoms with van der Waals surface area (Å²) in [5.74, 6) is 1.38. The number of anilines is 2. The van der Waals surface area contributed by atoms with Gasteiger partial charge in [0.1, 0.15) is 5.75 Å². The quantitative estimate of drug-likeness (QED) is 0.446. The van der Waals surface area contributed by atoms with E-state index in [2.05, 4.69) is 15.5 Å². The summed E-state index contributed by atoms with van der Waals surface area (Å²) in [4.78, 5) is 12.3. The summed E-state index contributed by atoms with van der Waals surface area (Å²) in [5, 5.41) is 12.6. The molecule has 3 N–H and O–H groups in total. The molecule has 0 bridgehead atoms. The number of rotatable bonds is 7. The van der Waals surface area contributed by atoms with Crippen LogP contribution in [0.15, 0.2) is 47.6 Å². The molecule has 0 fully saturated rings. The van der Waals surface area contributed by atoms with Crippen LogP contribution < -0.4 is 15.8 Å². The lowest BCUT2D eigenvalue weighted by Gasteiger charge is -2.10. The summed E-state index contributed by atoms with van der Waals surface area (Å²) in [6, 6.07) is 12.5. The number of hydrogen-bond acceptors (Lipinski definition) is 6. The number of carbonyl (C=O) groups is 1. The summed E-state index contributed by atoms with van der Waals surface area (Å²) in [7, 11) is 1.56. The third kappa shape index (κ3) is 4.58. The van der Waals surface area contributed by atoms with Crippen molar-refractivity contribution in [3.63, 3.8) is 0 Å². The normalized spacial score (nSPS) is 10.7. The predicted molar refractivity (Wildman–Crippen MR) is 113 cm³/mol. The van der Waals surface area contributed by atoms with Gasteiger partial charge in [0.05, 0.1) is 24.2 Å². The van der Waals surface area contributed by atoms with E-state index in [1.807, 2.05) is 35.8 Å². The van der Waals surface area contributed by atoms with Crippen LogP contribution in [0.4, 0.5) is 11.4 Å². The zero-order chi connectivity index (χ0) is 20.1. The lowest BCUT2D eigenvalue weighted by atomic mass is 10.2. The highest BCUT2D eigenvalue weighted by atomic mass is 35.5. The van der Waals surface area contributed by atoms with Crippen LogP contribution >= 0.6 is 23.4 Å². The standard InChI is InChI=1S/C19H20ClN5O2S/c1-3-25-18(12-4-6-13(20)7-5-12)23-24-19(25)28-11-17(26)22-16-9-8-14(27-2)10-15(16)21/h4-10H,3,11,21H2,1-2H3,(H,22,26). The molecule has 0 aliphatic heterocycles. The number of hydrogen-bond donors (Lipinski definition) is 2. The van der Waals surface area contributed by atoms with Gasteiger partial charge in [0.2, 0.25) is 5.91 Å². The molecule has 7 nitrogen and oxygen atoms in total. The fourth-order valence-corrected chi connectivity index (χ4v) is 3.52. The van der Waals surface area contributed by atoms with Gasteiger partial charge in [-0.3, -0.25) is 4.79 Å². The number of nitrogen functional groups attached to an aromatic ring is 1. The number of benzene rings is 2. The van der Waals surface area contributed by atoms with Gasteiger partial charge >= 0.3 is 0 Å². The van der Waals surface area contributed by atoms with Gasteiger partial charge in [0, 0.05) is 23.2 Å². The first-order valence-electron chi connectivity index (χ1n) is 8.57. The summed E-state index contributed by atoms with van der Waals surface area (Å²) in [6.07, 6.45) is 0. The molecule has 3 aromatic rings. The molecule has 0 radical (unpaired) electrons. The van der Waals surface area contributed by atoms with E-state index < -0.39 is 0 Å². The third-order valence-electron chi connectivity index (χ3n) is 4.00. The van der Waals surface area contributed by atoms with Crippen molar-refractivity contribution < 1.29 is 9.53 Å². The molecule has 1 aromatic heterocycles. The smallest absolute Gasteiger partial charge is 0.234 e. The van der Waals surface area contributed by atoms with E-state index in [-0.39, 0.29) is 11.7 Å². The molecule has 0 spiro atoms. The van der Waals surface area contributed by atoms with Gasteiger partial charge in [-0.1, -0.05) is 23.4 Å². The second-order valence-corrected chi connectivity index (χ2v) is 7.23. The summed E-state index contributed by atoms with van der Waals surface area (Å²) >= 11 is 7.27. The van der Waals surface area contributed by atoms with Gasteiger partial charge in [0.25, 0.3) is 0 Å². The predicted octanol–water partition coefficient (Wildman–Crippen LogP) is 3.94. The minimum absolute atomic E-state index is 0.180. The lowest BCUT2D eigenvalue weighted by Crippen LogP contribution is -2.15. The van der Waals surface area contributed by atoms with E-state index in [9.17, 15) is 4.79 Å². The highest BCUT2D eigenvalue weighted by Gasteiger charge is 2.15. The van der Waals surface area contributed by atoms with Gasteiger partial charge in [0.15, 0.2) is 11.0 Å². The van der Waals surface area contributed by atoms with Crippen molar-refractivity contribution >= 4 is 40.6 Å². The number of nitrogens with one attached hydrogen (secondary N) is 1. The third-order valence-corrected chi connectivity index (χ3v) is 5.22. The number of nitrogens with zero attached hydrogens (tertiary/aromatic N) is 3. The molecular formula is C19H20ClN5O2S. The monoisotopic (exact) mass is 417 g/mol. The molecule has 146 valence electrons. The number of carbonyl (C=O) groups excluding carboxylic acids is 1. The fourth-order valence-electron chi connectivity index (χ4n) is 2.59. The van der Waals surface area contributed by atoms with E-state index >= 15 is 0 Å². The van der Waals surface area contributed by atoms with Crippen molar-refractivity contribution in [3.8, 4) is 17.1 Å². The maximum absolute atomic E-state index is 12.3. The maximum Gasteiger partial charge on any atom is 0.234 e. The van der Waals surface area contributed by atoms with E-state index in [1.165, 1.54) is 11.8 Å². The SMILES string of the molecule is CCn1c(SCC(=O)Nc2ccc(OC)cc2N)nnc1-c1ccc(Cl)cc1. The molecule has 0 atom stereocenters. The number of nitrogens with two attached hydrogens (primary N) is 1. The molecule has 9 heteroatoms.